The molecule has 1 aromatic rings. The summed E-state index contributed by atoms with van der Waals surface area (Å²) in [6.07, 6.45) is 7.75. The van der Waals surface area contributed by atoms with Gasteiger partial charge in [-0.25, -0.2) is 4.39 Å². The van der Waals surface area contributed by atoms with Crippen molar-refractivity contribution in [2.45, 2.75) is 36.2 Å². The van der Waals surface area contributed by atoms with E-state index in [-0.39, 0.29) is 5.82 Å². The topological polar surface area (TPSA) is 12.0 Å². The summed E-state index contributed by atoms with van der Waals surface area (Å²) in [4.78, 5) is 0.849. The second kappa shape index (κ2) is 4.83. The average molecular weight is 249 g/mol. The third kappa shape index (κ3) is 2.26. The van der Waals surface area contributed by atoms with E-state index in [1.54, 1.807) is 17.8 Å². The Morgan fingerprint density at radius 1 is 1.24 bits per heavy atom. The van der Waals surface area contributed by atoms with Crippen LogP contribution >= 0.6 is 11.8 Å². The summed E-state index contributed by atoms with van der Waals surface area (Å²) < 4.78 is 13.7. The van der Waals surface area contributed by atoms with Crippen LogP contribution in [0.4, 0.5) is 4.39 Å². The van der Waals surface area contributed by atoms with Crippen LogP contribution in [-0.2, 0) is 0 Å². The molecule has 1 atom stereocenters. The molecule has 17 heavy (non-hydrogen) atoms. The minimum atomic E-state index is -0.0662. The molecule has 1 nitrogen and oxygen atoms in total. The van der Waals surface area contributed by atoms with E-state index in [2.05, 4.69) is 23.5 Å². The summed E-state index contributed by atoms with van der Waals surface area (Å²) in [5.74, 6) is 0.940. The van der Waals surface area contributed by atoms with Gasteiger partial charge in [0.25, 0.3) is 0 Å². The van der Waals surface area contributed by atoms with Crippen molar-refractivity contribution in [1.29, 1.82) is 0 Å². The number of benzene rings is 1. The molecule has 1 heterocycles. The van der Waals surface area contributed by atoms with E-state index in [0.717, 1.165) is 35.5 Å². The van der Waals surface area contributed by atoms with Gasteiger partial charge in [-0.2, -0.15) is 0 Å². The van der Waals surface area contributed by atoms with Crippen molar-refractivity contribution < 1.29 is 4.39 Å². The molecule has 1 aliphatic heterocycles. The maximum Gasteiger partial charge on any atom is 0.137 e. The Morgan fingerprint density at radius 2 is 2.06 bits per heavy atom. The number of rotatable bonds is 2. The second-order valence-corrected chi connectivity index (χ2v) is 5.76. The van der Waals surface area contributed by atoms with Crippen molar-refractivity contribution in [2.24, 2.45) is 0 Å². The number of hydrogen-bond donors (Lipinski definition) is 1. The number of fused-ring (bicyclic) bond motifs is 1. The van der Waals surface area contributed by atoms with E-state index in [4.69, 9.17) is 0 Å². The molecule has 1 N–H and O–H groups in total. The van der Waals surface area contributed by atoms with Crippen LogP contribution in [0.1, 0.15) is 30.9 Å². The fourth-order valence-corrected chi connectivity index (χ4v) is 3.74. The molecule has 0 fully saturated rings. The van der Waals surface area contributed by atoms with E-state index in [9.17, 15) is 4.39 Å². The lowest BCUT2D eigenvalue weighted by atomic mass is 10.0. The molecule has 2 aliphatic rings. The predicted molar refractivity (Wildman–Crippen MR) is 69.8 cm³/mol. The van der Waals surface area contributed by atoms with Crippen LogP contribution in [-0.4, -0.2) is 11.8 Å². The summed E-state index contributed by atoms with van der Waals surface area (Å²) in [5.41, 5.74) is 1.15. The van der Waals surface area contributed by atoms with Gasteiger partial charge in [0.1, 0.15) is 5.82 Å². The Hall–Kier alpha value is -0.800. The van der Waals surface area contributed by atoms with Crippen LogP contribution in [0.5, 0.6) is 0 Å². The molecule has 1 aliphatic carbocycles. The van der Waals surface area contributed by atoms with E-state index in [1.165, 1.54) is 0 Å². The summed E-state index contributed by atoms with van der Waals surface area (Å²) in [6, 6.07) is 6.31. The maximum atomic E-state index is 13.7. The zero-order valence-corrected chi connectivity index (χ0v) is 10.5. The molecular formula is C14H16FNS. The third-order valence-corrected chi connectivity index (χ3v) is 4.63. The molecule has 90 valence electrons. The molecule has 3 rings (SSSR count). The second-order valence-electron chi connectivity index (χ2n) is 4.65. The zero-order chi connectivity index (χ0) is 11.7. The molecule has 3 heteroatoms. The van der Waals surface area contributed by atoms with Crippen molar-refractivity contribution in [3.05, 3.63) is 41.7 Å². The predicted octanol–water partition coefficient (Wildman–Crippen LogP) is 3.67. The van der Waals surface area contributed by atoms with Crippen LogP contribution in [0.2, 0.25) is 0 Å². The fraction of sp³-hybridized carbons (Fsp3) is 0.429. The SMILES string of the molecule is Fc1cccc2c1SCCC2NC1CC=CC1. The quantitative estimate of drug-likeness (QED) is 0.803. The van der Waals surface area contributed by atoms with E-state index in [0.29, 0.717) is 12.1 Å². The van der Waals surface area contributed by atoms with E-state index >= 15 is 0 Å². The van der Waals surface area contributed by atoms with E-state index in [1.807, 2.05) is 6.07 Å². The fourth-order valence-electron chi connectivity index (χ4n) is 2.60. The lowest BCUT2D eigenvalue weighted by Crippen LogP contribution is -2.32. The number of nitrogens with one attached hydrogen (secondary N) is 1. The summed E-state index contributed by atoms with van der Waals surface area (Å²) in [7, 11) is 0. The first-order chi connectivity index (χ1) is 8.34. The van der Waals surface area contributed by atoms with Gasteiger partial charge >= 0.3 is 0 Å². The van der Waals surface area contributed by atoms with Crippen LogP contribution in [0.25, 0.3) is 0 Å². The van der Waals surface area contributed by atoms with Crippen molar-refractivity contribution in [1.82, 2.24) is 5.32 Å². The van der Waals surface area contributed by atoms with Gasteiger partial charge in [0, 0.05) is 17.0 Å². The lowest BCUT2D eigenvalue weighted by Gasteiger charge is -2.29. The van der Waals surface area contributed by atoms with Crippen molar-refractivity contribution in [3.8, 4) is 0 Å². The highest BCUT2D eigenvalue weighted by atomic mass is 32.2. The standard InChI is InChI=1S/C14H16FNS/c15-12-7-3-6-11-13(8-9-17-14(11)12)16-10-4-1-2-5-10/h1-3,6-7,10,13,16H,4-5,8-9H2. The number of hydrogen-bond acceptors (Lipinski definition) is 2. The van der Waals surface area contributed by atoms with Crippen LogP contribution < -0.4 is 5.32 Å². The average Bonchev–Trinajstić information content (AvgIpc) is 2.83. The number of thioether (sulfide) groups is 1. The van der Waals surface area contributed by atoms with Crippen molar-refractivity contribution in [2.75, 3.05) is 5.75 Å². The zero-order valence-electron chi connectivity index (χ0n) is 9.66. The highest BCUT2D eigenvalue weighted by Crippen LogP contribution is 2.38. The molecular weight excluding hydrogens is 233 g/mol. The molecule has 0 amide bonds. The van der Waals surface area contributed by atoms with Gasteiger partial charge in [-0.1, -0.05) is 24.3 Å². The van der Waals surface area contributed by atoms with Gasteiger partial charge in [-0.15, -0.1) is 11.8 Å². The Bertz CT molecular complexity index is 436. The van der Waals surface area contributed by atoms with Crippen molar-refractivity contribution >= 4 is 11.8 Å². The smallest absolute Gasteiger partial charge is 0.137 e. The Labute approximate surface area is 105 Å². The molecule has 0 spiro atoms. The largest absolute Gasteiger partial charge is 0.306 e. The molecule has 0 aromatic heterocycles. The minimum absolute atomic E-state index is 0.0662. The third-order valence-electron chi connectivity index (χ3n) is 3.47. The van der Waals surface area contributed by atoms with Gasteiger partial charge in [0.15, 0.2) is 0 Å². The van der Waals surface area contributed by atoms with Gasteiger partial charge in [0.2, 0.25) is 0 Å². The van der Waals surface area contributed by atoms with Crippen LogP contribution in [0, 0.1) is 5.82 Å². The Balaban J connectivity index is 1.81. The summed E-state index contributed by atoms with van der Waals surface area (Å²) in [6.45, 7) is 0. The van der Waals surface area contributed by atoms with Gasteiger partial charge in [-0.3, -0.25) is 0 Å². The van der Waals surface area contributed by atoms with Crippen LogP contribution in [0.15, 0.2) is 35.2 Å². The normalized spacial score (nSPS) is 23.9. The summed E-state index contributed by atoms with van der Waals surface area (Å²) in [5, 5.41) is 3.66. The number of halogens is 1. The molecule has 0 bridgehead atoms. The summed E-state index contributed by atoms with van der Waals surface area (Å²) >= 11 is 1.65. The highest BCUT2D eigenvalue weighted by Gasteiger charge is 2.25. The molecule has 1 unspecified atom stereocenters. The Kier molecular flexibility index (Phi) is 3.21. The van der Waals surface area contributed by atoms with E-state index < -0.39 is 0 Å². The maximum absolute atomic E-state index is 13.7. The molecule has 0 saturated carbocycles. The van der Waals surface area contributed by atoms with Gasteiger partial charge < -0.3 is 5.32 Å². The van der Waals surface area contributed by atoms with Gasteiger partial charge in [0.05, 0.1) is 0 Å². The van der Waals surface area contributed by atoms with Gasteiger partial charge in [-0.05, 0) is 36.6 Å². The molecule has 0 radical (unpaired) electrons. The monoisotopic (exact) mass is 249 g/mol. The first-order valence-electron chi connectivity index (χ1n) is 6.17. The molecule has 0 saturated heterocycles. The highest BCUT2D eigenvalue weighted by molar-refractivity contribution is 7.99. The lowest BCUT2D eigenvalue weighted by molar-refractivity contribution is 0.428. The Morgan fingerprint density at radius 3 is 2.88 bits per heavy atom. The van der Waals surface area contributed by atoms with Crippen molar-refractivity contribution in [3.63, 3.8) is 0 Å². The first-order valence-corrected chi connectivity index (χ1v) is 7.15. The minimum Gasteiger partial charge on any atom is -0.306 e. The first kappa shape index (κ1) is 11.3. The van der Waals surface area contributed by atoms with Crippen LogP contribution in [0.3, 0.4) is 0 Å². The molecule has 1 aromatic carbocycles.